The summed E-state index contributed by atoms with van der Waals surface area (Å²) in [7, 11) is 0. The van der Waals surface area contributed by atoms with E-state index in [0.717, 1.165) is 29.0 Å². The molecular weight excluding hydrogens is 327 g/mol. The molecule has 0 saturated carbocycles. The molecule has 2 atom stereocenters. The first kappa shape index (κ1) is 15.5. The molecule has 1 amide bonds. The van der Waals surface area contributed by atoms with E-state index in [1.54, 1.807) is 23.5 Å². The number of thiophene rings is 1. The lowest BCUT2D eigenvalue weighted by Gasteiger charge is -2.24. The van der Waals surface area contributed by atoms with E-state index in [2.05, 4.69) is 5.10 Å². The Morgan fingerprint density at radius 1 is 1.29 bits per heavy atom. The van der Waals surface area contributed by atoms with E-state index in [1.807, 2.05) is 17.5 Å². The largest absolute Gasteiger partial charge is 0.368 e. The van der Waals surface area contributed by atoms with Crippen LogP contribution in [-0.2, 0) is 9.53 Å². The molecule has 2 aliphatic heterocycles. The van der Waals surface area contributed by atoms with Gasteiger partial charge in [0.25, 0.3) is 5.91 Å². The summed E-state index contributed by atoms with van der Waals surface area (Å²) in [5.41, 5.74) is 1.78. The van der Waals surface area contributed by atoms with Crippen molar-refractivity contribution in [3.05, 3.63) is 58.0 Å². The highest BCUT2D eigenvalue weighted by Crippen LogP contribution is 2.35. The minimum absolute atomic E-state index is 0.103. The average Bonchev–Trinajstić information content (AvgIpc) is 3.34. The Kier molecular flexibility index (Phi) is 4.16. The van der Waals surface area contributed by atoms with Gasteiger partial charge in [0.05, 0.1) is 16.6 Å². The number of carbonyl (C=O) groups is 1. The van der Waals surface area contributed by atoms with Crippen LogP contribution in [-0.4, -0.2) is 29.3 Å². The van der Waals surface area contributed by atoms with Crippen LogP contribution in [0.2, 0.25) is 0 Å². The highest BCUT2D eigenvalue weighted by Gasteiger charge is 2.38. The summed E-state index contributed by atoms with van der Waals surface area (Å²) in [6.45, 7) is 0.618. The van der Waals surface area contributed by atoms with Gasteiger partial charge in [0.15, 0.2) is 0 Å². The minimum Gasteiger partial charge on any atom is -0.368 e. The number of nitrogens with zero attached hydrogens (tertiary/aromatic N) is 2. The van der Waals surface area contributed by atoms with Gasteiger partial charge in [-0.2, -0.15) is 5.10 Å². The number of hydrogen-bond donors (Lipinski definition) is 0. The van der Waals surface area contributed by atoms with E-state index in [0.29, 0.717) is 13.0 Å². The fourth-order valence-electron chi connectivity index (χ4n) is 3.17. The monoisotopic (exact) mass is 344 g/mol. The van der Waals surface area contributed by atoms with Crippen LogP contribution in [0.15, 0.2) is 46.9 Å². The highest BCUT2D eigenvalue weighted by atomic mass is 32.1. The first-order valence-corrected chi connectivity index (χ1v) is 8.92. The number of halogens is 1. The Balaban J connectivity index is 1.66. The van der Waals surface area contributed by atoms with E-state index in [-0.39, 0.29) is 17.8 Å². The van der Waals surface area contributed by atoms with Gasteiger partial charge in [0.2, 0.25) is 0 Å². The topological polar surface area (TPSA) is 41.9 Å². The molecule has 1 aromatic heterocycles. The number of benzene rings is 1. The molecule has 0 bridgehead atoms. The molecule has 0 unspecified atom stereocenters. The maximum absolute atomic E-state index is 13.2. The zero-order valence-corrected chi connectivity index (χ0v) is 13.8. The number of ether oxygens (including phenoxy) is 1. The van der Waals surface area contributed by atoms with Crippen molar-refractivity contribution in [2.75, 3.05) is 6.61 Å². The maximum atomic E-state index is 13.2. The number of hydrazone groups is 1. The lowest BCUT2D eigenvalue weighted by molar-refractivity contribution is -0.142. The summed E-state index contributed by atoms with van der Waals surface area (Å²) < 4.78 is 18.8. The van der Waals surface area contributed by atoms with Crippen LogP contribution in [0.1, 0.15) is 35.7 Å². The van der Waals surface area contributed by atoms with Crippen molar-refractivity contribution in [2.45, 2.75) is 31.4 Å². The van der Waals surface area contributed by atoms with Gasteiger partial charge in [-0.15, -0.1) is 11.3 Å². The summed E-state index contributed by atoms with van der Waals surface area (Å²) in [6, 6.07) is 10.1. The van der Waals surface area contributed by atoms with E-state index < -0.39 is 6.10 Å². The SMILES string of the molecule is O=C([C@@H]1CCCO1)N1N=C(c2cccs2)C[C@@H]1c1ccc(F)cc1. The molecule has 4 rings (SSSR count). The Labute approximate surface area is 143 Å². The molecule has 3 heterocycles. The fraction of sp³-hybridized carbons (Fsp3) is 0.333. The van der Waals surface area contributed by atoms with Crippen LogP contribution >= 0.6 is 11.3 Å². The van der Waals surface area contributed by atoms with Crippen molar-refractivity contribution in [1.29, 1.82) is 0 Å². The Morgan fingerprint density at radius 3 is 2.79 bits per heavy atom. The number of hydrogen-bond acceptors (Lipinski definition) is 4. The maximum Gasteiger partial charge on any atom is 0.272 e. The van der Waals surface area contributed by atoms with Crippen molar-refractivity contribution in [3.63, 3.8) is 0 Å². The second-order valence-corrected chi connectivity index (χ2v) is 6.93. The zero-order chi connectivity index (χ0) is 16.5. The van der Waals surface area contributed by atoms with Gasteiger partial charge in [-0.25, -0.2) is 9.40 Å². The first-order valence-electron chi connectivity index (χ1n) is 8.04. The second-order valence-electron chi connectivity index (χ2n) is 5.98. The number of carbonyl (C=O) groups excluding carboxylic acids is 1. The first-order chi connectivity index (χ1) is 11.7. The highest BCUT2D eigenvalue weighted by molar-refractivity contribution is 7.12. The van der Waals surface area contributed by atoms with Gasteiger partial charge in [0, 0.05) is 13.0 Å². The van der Waals surface area contributed by atoms with Crippen molar-refractivity contribution in [1.82, 2.24) is 5.01 Å². The van der Waals surface area contributed by atoms with Crippen LogP contribution in [0.4, 0.5) is 4.39 Å². The van der Waals surface area contributed by atoms with Gasteiger partial charge < -0.3 is 4.74 Å². The van der Waals surface area contributed by atoms with Gasteiger partial charge in [0.1, 0.15) is 11.9 Å². The minimum atomic E-state index is -0.417. The molecule has 0 N–H and O–H groups in total. The molecule has 0 spiro atoms. The van der Waals surface area contributed by atoms with Gasteiger partial charge in [-0.05, 0) is 42.0 Å². The summed E-state index contributed by atoms with van der Waals surface area (Å²) in [4.78, 5) is 13.9. The van der Waals surface area contributed by atoms with Gasteiger partial charge in [-0.3, -0.25) is 4.79 Å². The van der Waals surface area contributed by atoms with Crippen LogP contribution in [0.3, 0.4) is 0 Å². The predicted octanol–water partition coefficient (Wildman–Crippen LogP) is 3.74. The lowest BCUT2D eigenvalue weighted by atomic mass is 10.0. The Hall–Kier alpha value is -2.05. The van der Waals surface area contributed by atoms with Crippen LogP contribution < -0.4 is 0 Å². The predicted molar refractivity (Wildman–Crippen MR) is 90.4 cm³/mol. The third-order valence-corrected chi connectivity index (χ3v) is 5.32. The number of rotatable bonds is 3. The molecule has 124 valence electrons. The fourth-order valence-corrected chi connectivity index (χ4v) is 3.89. The molecule has 1 saturated heterocycles. The molecule has 2 aromatic rings. The molecular formula is C18H17FN2O2S. The van der Waals surface area contributed by atoms with Gasteiger partial charge in [-0.1, -0.05) is 18.2 Å². The molecule has 0 radical (unpaired) electrons. The molecule has 1 aromatic carbocycles. The van der Waals surface area contributed by atoms with Crippen LogP contribution in [0, 0.1) is 5.82 Å². The Morgan fingerprint density at radius 2 is 2.12 bits per heavy atom. The lowest BCUT2D eigenvalue weighted by Crippen LogP contribution is -2.35. The molecule has 24 heavy (non-hydrogen) atoms. The van der Waals surface area contributed by atoms with E-state index in [1.165, 1.54) is 17.1 Å². The average molecular weight is 344 g/mol. The number of amides is 1. The Bertz CT molecular complexity index is 752. The smallest absolute Gasteiger partial charge is 0.272 e. The third-order valence-electron chi connectivity index (χ3n) is 4.40. The van der Waals surface area contributed by atoms with Crippen molar-refractivity contribution >= 4 is 23.0 Å². The van der Waals surface area contributed by atoms with Crippen LogP contribution in [0.5, 0.6) is 0 Å². The second kappa shape index (κ2) is 6.45. The molecule has 4 nitrogen and oxygen atoms in total. The quantitative estimate of drug-likeness (QED) is 0.851. The summed E-state index contributed by atoms with van der Waals surface area (Å²) in [5.74, 6) is -0.387. The normalized spacial score (nSPS) is 23.5. The zero-order valence-electron chi connectivity index (χ0n) is 13.0. The summed E-state index contributed by atoms with van der Waals surface area (Å²) in [6.07, 6.45) is 1.84. The van der Waals surface area contributed by atoms with Crippen molar-refractivity contribution in [2.24, 2.45) is 5.10 Å². The standard InChI is InChI=1S/C18H17FN2O2S/c19-13-7-5-12(6-8-13)15-11-14(17-4-2-10-24-17)20-21(15)18(22)16-3-1-9-23-16/h2,4-8,10,15-16H,1,3,9,11H2/t15-,16+/m1/s1. The molecule has 6 heteroatoms. The molecule has 1 fully saturated rings. The molecule has 2 aliphatic rings. The van der Waals surface area contributed by atoms with E-state index in [4.69, 9.17) is 4.74 Å². The van der Waals surface area contributed by atoms with Crippen molar-refractivity contribution in [3.8, 4) is 0 Å². The third kappa shape index (κ3) is 2.87. The molecule has 0 aliphatic carbocycles. The van der Waals surface area contributed by atoms with E-state index in [9.17, 15) is 9.18 Å². The summed E-state index contributed by atoms with van der Waals surface area (Å²) in [5, 5.41) is 8.13. The van der Waals surface area contributed by atoms with Gasteiger partial charge >= 0.3 is 0 Å². The van der Waals surface area contributed by atoms with E-state index >= 15 is 0 Å². The summed E-state index contributed by atoms with van der Waals surface area (Å²) >= 11 is 1.61. The van der Waals surface area contributed by atoms with Crippen molar-refractivity contribution < 1.29 is 13.9 Å². The van der Waals surface area contributed by atoms with Crippen LogP contribution in [0.25, 0.3) is 0 Å².